The van der Waals surface area contributed by atoms with Crippen LogP contribution in [-0.4, -0.2) is 10.9 Å². The van der Waals surface area contributed by atoms with Crippen molar-refractivity contribution in [2.75, 3.05) is 5.32 Å². The molecule has 20 heavy (non-hydrogen) atoms. The number of anilines is 1. The highest BCUT2D eigenvalue weighted by Crippen LogP contribution is 2.24. The Morgan fingerprint density at radius 3 is 2.95 bits per heavy atom. The number of hydrogen-bond donors (Lipinski definition) is 1. The Hall–Kier alpha value is -1.79. The molecule has 3 rings (SSSR count). The van der Waals surface area contributed by atoms with E-state index in [-0.39, 0.29) is 5.56 Å². The Morgan fingerprint density at radius 1 is 1.30 bits per heavy atom. The van der Waals surface area contributed by atoms with Gasteiger partial charge in [0.1, 0.15) is 5.82 Å². The number of nitrogens with one attached hydrogen (secondary N) is 1. The summed E-state index contributed by atoms with van der Waals surface area (Å²) in [5.41, 5.74) is 3.22. The molecule has 3 nitrogen and oxygen atoms in total. The average molecular weight is 351 g/mol. The van der Waals surface area contributed by atoms with E-state index in [9.17, 15) is 9.18 Å². The van der Waals surface area contributed by atoms with Crippen LogP contribution in [0.5, 0.6) is 0 Å². The van der Waals surface area contributed by atoms with Gasteiger partial charge in [0, 0.05) is 10.2 Å². The number of amides is 1. The lowest BCUT2D eigenvalue weighted by Gasteiger charge is -2.07. The number of hydrogen-bond acceptors (Lipinski definition) is 3. The van der Waals surface area contributed by atoms with Crippen LogP contribution in [0.2, 0.25) is 0 Å². The summed E-state index contributed by atoms with van der Waals surface area (Å²) in [5, 5.41) is 2.69. The van der Waals surface area contributed by atoms with Gasteiger partial charge in [0.05, 0.1) is 21.3 Å². The van der Waals surface area contributed by atoms with Gasteiger partial charge in [0.15, 0.2) is 0 Å². The zero-order valence-corrected chi connectivity index (χ0v) is 12.5. The van der Waals surface area contributed by atoms with Crippen LogP contribution in [-0.2, 0) is 0 Å². The van der Waals surface area contributed by atoms with Crippen molar-refractivity contribution in [2.45, 2.75) is 0 Å². The monoisotopic (exact) mass is 350 g/mol. The number of benzene rings is 2. The van der Waals surface area contributed by atoms with Crippen molar-refractivity contribution in [3.63, 3.8) is 0 Å². The van der Waals surface area contributed by atoms with E-state index < -0.39 is 11.7 Å². The predicted molar refractivity (Wildman–Crippen MR) is 81.7 cm³/mol. The quantitative estimate of drug-likeness (QED) is 0.741. The lowest BCUT2D eigenvalue weighted by Crippen LogP contribution is -2.14. The smallest absolute Gasteiger partial charge is 0.259 e. The first-order chi connectivity index (χ1) is 9.65. The Bertz CT molecular complexity index is 782. The number of carbonyl (C=O) groups excluding carboxylic acids is 1. The Kier molecular flexibility index (Phi) is 3.50. The molecule has 1 amide bonds. The van der Waals surface area contributed by atoms with Gasteiger partial charge in [-0.05, 0) is 46.3 Å². The molecule has 0 bridgehead atoms. The maximum atomic E-state index is 13.7. The third-order valence-corrected chi connectivity index (χ3v) is 4.23. The van der Waals surface area contributed by atoms with Crippen molar-refractivity contribution in [2.24, 2.45) is 0 Å². The van der Waals surface area contributed by atoms with Crippen molar-refractivity contribution in [3.8, 4) is 0 Å². The standard InChI is InChI=1S/C14H8BrFN2OS/c15-9-2-1-3-10(16)13(9)14(19)18-8-4-5-11-12(6-8)20-7-17-11/h1-7H,(H,18,19). The minimum absolute atomic E-state index is 0.00287. The van der Waals surface area contributed by atoms with Crippen LogP contribution in [0.1, 0.15) is 10.4 Å². The zero-order chi connectivity index (χ0) is 14.1. The average Bonchev–Trinajstić information content (AvgIpc) is 2.85. The summed E-state index contributed by atoms with van der Waals surface area (Å²) in [6.07, 6.45) is 0. The summed E-state index contributed by atoms with van der Waals surface area (Å²) in [6, 6.07) is 9.81. The van der Waals surface area contributed by atoms with Crippen molar-refractivity contribution in [1.29, 1.82) is 0 Å². The van der Waals surface area contributed by atoms with Gasteiger partial charge in [-0.25, -0.2) is 9.37 Å². The molecule has 0 aliphatic carbocycles. The molecule has 0 aliphatic heterocycles. The summed E-state index contributed by atoms with van der Waals surface area (Å²) < 4.78 is 15.1. The van der Waals surface area contributed by atoms with Crippen LogP contribution < -0.4 is 5.32 Å². The van der Waals surface area contributed by atoms with Crippen molar-refractivity contribution < 1.29 is 9.18 Å². The van der Waals surface area contributed by atoms with Gasteiger partial charge in [-0.3, -0.25) is 4.79 Å². The molecule has 0 aliphatic rings. The molecule has 6 heteroatoms. The Morgan fingerprint density at radius 2 is 2.15 bits per heavy atom. The van der Waals surface area contributed by atoms with E-state index in [1.807, 2.05) is 12.1 Å². The molecule has 0 saturated heterocycles. The molecule has 0 fully saturated rings. The second-order valence-electron chi connectivity index (χ2n) is 4.09. The molecule has 3 aromatic rings. The fraction of sp³-hybridized carbons (Fsp3) is 0. The van der Waals surface area contributed by atoms with Crippen LogP contribution in [0.15, 0.2) is 46.4 Å². The highest BCUT2D eigenvalue weighted by Gasteiger charge is 2.15. The van der Waals surface area contributed by atoms with E-state index in [1.165, 1.54) is 17.4 Å². The molecule has 0 saturated carbocycles. The highest BCUT2D eigenvalue weighted by atomic mass is 79.9. The Labute approximate surface area is 126 Å². The van der Waals surface area contributed by atoms with Crippen LogP contribution in [0, 0.1) is 5.82 Å². The molecular weight excluding hydrogens is 343 g/mol. The number of rotatable bonds is 2. The highest BCUT2D eigenvalue weighted by molar-refractivity contribution is 9.10. The number of aromatic nitrogens is 1. The molecule has 0 spiro atoms. The summed E-state index contributed by atoms with van der Waals surface area (Å²) in [6.45, 7) is 0. The van der Waals surface area contributed by atoms with Crippen LogP contribution in [0.4, 0.5) is 10.1 Å². The van der Waals surface area contributed by atoms with E-state index in [1.54, 1.807) is 23.7 Å². The summed E-state index contributed by atoms with van der Waals surface area (Å²) in [7, 11) is 0. The Balaban J connectivity index is 1.92. The second kappa shape index (κ2) is 5.30. The first-order valence-corrected chi connectivity index (χ1v) is 7.41. The van der Waals surface area contributed by atoms with E-state index in [4.69, 9.17) is 0 Å². The first kappa shape index (κ1) is 13.2. The van der Waals surface area contributed by atoms with E-state index in [0.717, 1.165) is 10.2 Å². The van der Waals surface area contributed by atoms with Gasteiger partial charge in [-0.1, -0.05) is 6.07 Å². The second-order valence-corrected chi connectivity index (χ2v) is 5.83. The van der Waals surface area contributed by atoms with Gasteiger partial charge in [-0.15, -0.1) is 11.3 Å². The van der Waals surface area contributed by atoms with Gasteiger partial charge in [-0.2, -0.15) is 0 Å². The molecular formula is C14H8BrFN2OS. The van der Waals surface area contributed by atoms with Gasteiger partial charge in [0.25, 0.3) is 5.91 Å². The number of halogens is 2. The summed E-state index contributed by atoms with van der Waals surface area (Å²) >= 11 is 4.67. The topological polar surface area (TPSA) is 42.0 Å². The van der Waals surface area contributed by atoms with Crippen LogP contribution in [0.3, 0.4) is 0 Å². The normalized spacial score (nSPS) is 10.7. The van der Waals surface area contributed by atoms with Gasteiger partial charge in [0.2, 0.25) is 0 Å². The number of fused-ring (bicyclic) bond motifs is 1. The van der Waals surface area contributed by atoms with E-state index >= 15 is 0 Å². The zero-order valence-electron chi connectivity index (χ0n) is 10.1. The van der Waals surface area contributed by atoms with E-state index in [2.05, 4.69) is 26.2 Å². The number of carbonyl (C=O) groups is 1. The van der Waals surface area contributed by atoms with Gasteiger partial charge < -0.3 is 5.32 Å². The molecule has 1 aromatic heterocycles. The van der Waals surface area contributed by atoms with Crippen LogP contribution in [0.25, 0.3) is 10.2 Å². The third kappa shape index (κ3) is 2.44. The molecule has 0 atom stereocenters. The molecule has 0 radical (unpaired) electrons. The predicted octanol–water partition coefficient (Wildman–Crippen LogP) is 4.45. The third-order valence-electron chi connectivity index (χ3n) is 2.78. The maximum Gasteiger partial charge on any atom is 0.259 e. The molecule has 100 valence electrons. The minimum atomic E-state index is -0.559. The lowest BCUT2D eigenvalue weighted by molar-refractivity contribution is 0.102. The first-order valence-electron chi connectivity index (χ1n) is 5.74. The van der Waals surface area contributed by atoms with Crippen LogP contribution >= 0.6 is 27.3 Å². The molecule has 0 unspecified atom stereocenters. The van der Waals surface area contributed by atoms with Crippen molar-refractivity contribution >= 4 is 49.1 Å². The molecule has 2 aromatic carbocycles. The summed E-state index contributed by atoms with van der Waals surface area (Å²) in [4.78, 5) is 16.3. The van der Waals surface area contributed by atoms with Gasteiger partial charge >= 0.3 is 0 Å². The molecule has 1 heterocycles. The largest absolute Gasteiger partial charge is 0.322 e. The summed E-state index contributed by atoms with van der Waals surface area (Å²) in [5.74, 6) is -1.05. The lowest BCUT2D eigenvalue weighted by atomic mass is 10.2. The fourth-order valence-electron chi connectivity index (χ4n) is 1.84. The van der Waals surface area contributed by atoms with Crippen molar-refractivity contribution in [3.05, 3.63) is 57.8 Å². The number of nitrogens with zero attached hydrogens (tertiary/aromatic N) is 1. The SMILES string of the molecule is O=C(Nc1ccc2ncsc2c1)c1c(F)cccc1Br. The van der Waals surface area contributed by atoms with E-state index in [0.29, 0.717) is 10.2 Å². The maximum absolute atomic E-state index is 13.7. The minimum Gasteiger partial charge on any atom is -0.322 e. The number of thiazole rings is 1. The fourth-order valence-corrected chi connectivity index (χ4v) is 3.08. The molecule has 1 N–H and O–H groups in total. The van der Waals surface area contributed by atoms with Crippen molar-refractivity contribution in [1.82, 2.24) is 4.98 Å².